The summed E-state index contributed by atoms with van der Waals surface area (Å²) in [6.45, 7) is 5.73. The third-order valence-corrected chi connectivity index (χ3v) is 5.02. The third kappa shape index (κ3) is 3.84. The summed E-state index contributed by atoms with van der Waals surface area (Å²) in [4.78, 5) is 2.64. The Morgan fingerprint density at radius 3 is 2.85 bits per heavy atom. The van der Waals surface area contributed by atoms with Gasteiger partial charge in [0.25, 0.3) is 0 Å². The molecule has 1 aliphatic heterocycles. The summed E-state index contributed by atoms with van der Waals surface area (Å²) in [6.07, 6.45) is 6.31. The molecule has 20 heavy (non-hydrogen) atoms. The van der Waals surface area contributed by atoms with Gasteiger partial charge >= 0.3 is 0 Å². The first kappa shape index (κ1) is 16.0. The molecule has 1 aliphatic rings. The van der Waals surface area contributed by atoms with Gasteiger partial charge in [-0.15, -0.1) is 0 Å². The molecule has 2 rings (SSSR count). The van der Waals surface area contributed by atoms with Crippen LogP contribution in [0.15, 0.2) is 28.7 Å². The van der Waals surface area contributed by atoms with Crippen molar-refractivity contribution in [2.75, 3.05) is 6.54 Å². The maximum atomic E-state index is 6.49. The third-order valence-electron chi connectivity index (χ3n) is 4.53. The zero-order valence-electron chi connectivity index (χ0n) is 12.7. The number of nitrogens with zero attached hydrogens (tertiary/aromatic N) is 1. The number of hydrogen-bond donors (Lipinski definition) is 1. The molecule has 0 amide bonds. The molecule has 0 bridgehead atoms. The molecular formula is C17H27BrN2. The first-order valence-corrected chi connectivity index (χ1v) is 8.69. The van der Waals surface area contributed by atoms with E-state index in [0.29, 0.717) is 12.1 Å². The first-order valence-electron chi connectivity index (χ1n) is 7.90. The molecule has 1 aromatic carbocycles. The van der Waals surface area contributed by atoms with Crippen LogP contribution >= 0.6 is 15.9 Å². The largest absolute Gasteiger partial charge is 0.326 e. The minimum absolute atomic E-state index is 0.199. The lowest BCUT2D eigenvalue weighted by molar-refractivity contribution is 0.124. The van der Waals surface area contributed by atoms with E-state index in [2.05, 4.69) is 58.9 Å². The molecule has 0 radical (unpaired) electrons. The molecule has 1 heterocycles. The van der Waals surface area contributed by atoms with Gasteiger partial charge in [-0.05, 0) is 50.4 Å². The predicted molar refractivity (Wildman–Crippen MR) is 89.8 cm³/mol. The van der Waals surface area contributed by atoms with Gasteiger partial charge in [0.05, 0.1) is 6.04 Å². The van der Waals surface area contributed by atoms with Gasteiger partial charge in [-0.3, -0.25) is 4.90 Å². The Hall–Kier alpha value is -0.380. The van der Waals surface area contributed by atoms with E-state index in [4.69, 9.17) is 5.73 Å². The molecule has 3 unspecified atom stereocenters. The molecule has 0 spiro atoms. The molecule has 0 saturated carbocycles. The number of hydrogen-bond acceptors (Lipinski definition) is 2. The average Bonchev–Trinajstić information content (AvgIpc) is 2.64. The van der Waals surface area contributed by atoms with Gasteiger partial charge in [0.1, 0.15) is 0 Å². The van der Waals surface area contributed by atoms with Gasteiger partial charge in [-0.25, -0.2) is 0 Å². The molecule has 0 aliphatic carbocycles. The quantitative estimate of drug-likeness (QED) is 0.876. The van der Waals surface area contributed by atoms with Gasteiger partial charge in [0, 0.05) is 16.6 Å². The highest BCUT2D eigenvalue weighted by molar-refractivity contribution is 9.10. The maximum Gasteiger partial charge on any atom is 0.0502 e. The minimum atomic E-state index is 0.199. The van der Waals surface area contributed by atoms with Crippen molar-refractivity contribution in [1.82, 2.24) is 4.90 Å². The molecule has 3 atom stereocenters. The fraction of sp³-hybridized carbons (Fsp3) is 0.647. The zero-order chi connectivity index (χ0) is 14.5. The summed E-state index contributed by atoms with van der Waals surface area (Å²) in [6, 6.07) is 9.83. The van der Waals surface area contributed by atoms with Crippen molar-refractivity contribution in [3.8, 4) is 0 Å². The fourth-order valence-electron chi connectivity index (χ4n) is 3.31. The second kappa shape index (κ2) is 7.58. The van der Waals surface area contributed by atoms with Crippen LogP contribution in [0.25, 0.3) is 0 Å². The molecule has 1 aromatic rings. The highest BCUT2D eigenvalue weighted by Gasteiger charge is 2.30. The molecule has 1 saturated heterocycles. The van der Waals surface area contributed by atoms with Crippen LogP contribution in [0.2, 0.25) is 0 Å². The van der Waals surface area contributed by atoms with Crippen LogP contribution in [-0.4, -0.2) is 23.5 Å². The molecule has 112 valence electrons. The Balaban J connectivity index is 2.31. The van der Waals surface area contributed by atoms with Gasteiger partial charge in [-0.1, -0.05) is 47.8 Å². The maximum absolute atomic E-state index is 6.49. The number of likely N-dealkylation sites (tertiary alicyclic amines) is 1. The second-order valence-corrected chi connectivity index (χ2v) is 6.92. The van der Waals surface area contributed by atoms with Crippen LogP contribution in [0.4, 0.5) is 0 Å². The summed E-state index contributed by atoms with van der Waals surface area (Å²) in [7, 11) is 0. The van der Waals surface area contributed by atoms with E-state index in [1.54, 1.807) is 0 Å². The predicted octanol–water partition coefficient (Wildman–Crippen LogP) is 4.49. The van der Waals surface area contributed by atoms with Crippen molar-refractivity contribution in [2.45, 2.75) is 64.1 Å². The zero-order valence-corrected chi connectivity index (χ0v) is 14.3. The minimum Gasteiger partial charge on any atom is -0.326 e. The Bertz CT molecular complexity index is 421. The van der Waals surface area contributed by atoms with Crippen LogP contribution in [0.1, 0.15) is 57.6 Å². The smallest absolute Gasteiger partial charge is 0.0502 e. The summed E-state index contributed by atoms with van der Waals surface area (Å²) in [5.74, 6) is 0. The number of rotatable bonds is 4. The van der Waals surface area contributed by atoms with Crippen molar-refractivity contribution in [3.63, 3.8) is 0 Å². The fourth-order valence-corrected chi connectivity index (χ4v) is 3.73. The van der Waals surface area contributed by atoms with Crippen molar-refractivity contribution < 1.29 is 0 Å². The average molecular weight is 339 g/mol. The highest BCUT2D eigenvalue weighted by Crippen LogP contribution is 2.32. The van der Waals surface area contributed by atoms with E-state index in [1.165, 1.54) is 37.8 Å². The first-order chi connectivity index (χ1) is 9.63. The van der Waals surface area contributed by atoms with E-state index in [-0.39, 0.29) is 6.04 Å². The lowest BCUT2D eigenvalue weighted by Gasteiger charge is -2.39. The van der Waals surface area contributed by atoms with Crippen LogP contribution in [-0.2, 0) is 0 Å². The lowest BCUT2D eigenvalue weighted by Crippen LogP contribution is -2.45. The van der Waals surface area contributed by atoms with Crippen molar-refractivity contribution in [2.24, 2.45) is 5.73 Å². The summed E-state index contributed by atoms with van der Waals surface area (Å²) < 4.78 is 1.14. The molecule has 2 nitrogen and oxygen atoms in total. The molecule has 1 fully saturated rings. The van der Waals surface area contributed by atoms with Gasteiger partial charge in [0.15, 0.2) is 0 Å². The van der Waals surface area contributed by atoms with Gasteiger partial charge in [-0.2, -0.15) is 0 Å². The van der Waals surface area contributed by atoms with Gasteiger partial charge in [0.2, 0.25) is 0 Å². The monoisotopic (exact) mass is 338 g/mol. The van der Waals surface area contributed by atoms with Crippen LogP contribution in [0, 0.1) is 0 Å². The Morgan fingerprint density at radius 2 is 2.15 bits per heavy atom. The van der Waals surface area contributed by atoms with E-state index >= 15 is 0 Å². The van der Waals surface area contributed by atoms with Crippen LogP contribution in [0.5, 0.6) is 0 Å². The molecule has 3 heteroatoms. The van der Waals surface area contributed by atoms with Crippen molar-refractivity contribution in [3.05, 3.63) is 34.3 Å². The van der Waals surface area contributed by atoms with Crippen molar-refractivity contribution >= 4 is 15.9 Å². The number of benzene rings is 1. The highest BCUT2D eigenvalue weighted by atomic mass is 79.9. The molecule has 2 N–H and O–H groups in total. The van der Waals surface area contributed by atoms with E-state index in [0.717, 1.165) is 10.9 Å². The Kier molecular flexibility index (Phi) is 6.06. The summed E-state index contributed by atoms with van der Waals surface area (Å²) in [5, 5.41) is 0. The van der Waals surface area contributed by atoms with Crippen LogP contribution < -0.4 is 5.73 Å². The topological polar surface area (TPSA) is 29.3 Å². The van der Waals surface area contributed by atoms with E-state index < -0.39 is 0 Å². The Morgan fingerprint density at radius 1 is 1.35 bits per heavy atom. The molecule has 0 aromatic heterocycles. The Labute approximate surface area is 131 Å². The number of halogens is 1. The second-order valence-electron chi connectivity index (χ2n) is 6.01. The van der Waals surface area contributed by atoms with Gasteiger partial charge < -0.3 is 5.73 Å². The normalized spacial score (nSPS) is 24.1. The lowest BCUT2D eigenvalue weighted by atomic mass is 9.94. The van der Waals surface area contributed by atoms with E-state index in [9.17, 15) is 0 Å². The van der Waals surface area contributed by atoms with E-state index in [1.807, 2.05) is 0 Å². The SMILES string of the molecule is CCC(N)C(c1cccc(Br)c1)N1CCCCCC1C. The van der Waals surface area contributed by atoms with Crippen molar-refractivity contribution in [1.29, 1.82) is 0 Å². The summed E-state index contributed by atoms with van der Waals surface area (Å²) in [5.41, 5.74) is 7.84. The molecular weight excluding hydrogens is 312 g/mol. The standard InChI is InChI=1S/C17H27BrN2/c1-3-16(19)17(14-9-7-10-15(18)12-14)20-11-6-4-5-8-13(20)2/h7,9-10,12-13,16-17H,3-6,8,11,19H2,1-2H3. The van der Waals surface area contributed by atoms with Crippen LogP contribution in [0.3, 0.4) is 0 Å². The number of nitrogens with two attached hydrogens (primary N) is 1. The summed E-state index contributed by atoms with van der Waals surface area (Å²) >= 11 is 3.60.